The number of unbranched alkanes of at least 4 members (excludes halogenated alkanes) is 1. The maximum absolute atomic E-state index is 12.3. The monoisotopic (exact) mass is 310 g/mol. The van der Waals surface area contributed by atoms with Crippen LogP contribution in [0.25, 0.3) is 0 Å². The van der Waals surface area contributed by atoms with Crippen molar-refractivity contribution in [2.75, 3.05) is 11.1 Å². The van der Waals surface area contributed by atoms with Crippen molar-refractivity contribution in [3.63, 3.8) is 0 Å². The fourth-order valence-corrected chi connectivity index (χ4v) is 3.17. The molecule has 118 valence electrons. The molecule has 4 N–H and O–H groups in total. The number of rotatable bonds is 9. The van der Waals surface area contributed by atoms with E-state index in [9.17, 15) is 4.79 Å². The summed E-state index contributed by atoms with van der Waals surface area (Å²) in [6.45, 7) is 4.38. The highest BCUT2D eigenvalue weighted by Gasteiger charge is 2.28. The molecular weight excluding hydrogens is 284 g/mol. The van der Waals surface area contributed by atoms with Gasteiger partial charge in [-0.25, -0.2) is 0 Å². The zero-order valence-corrected chi connectivity index (χ0v) is 13.8. The van der Waals surface area contributed by atoms with Gasteiger partial charge in [0.1, 0.15) is 10.6 Å². The van der Waals surface area contributed by atoms with Gasteiger partial charge in [0.2, 0.25) is 0 Å². The first-order chi connectivity index (χ1) is 10.2. The Hall–Kier alpha value is -1.30. The maximum atomic E-state index is 12.3. The summed E-state index contributed by atoms with van der Waals surface area (Å²) in [5, 5.41) is 7.31. The van der Waals surface area contributed by atoms with E-state index in [-0.39, 0.29) is 5.91 Å². The molecule has 0 saturated heterocycles. The third kappa shape index (κ3) is 4.59. The Morgan fingerprint density at radius 1 is 1.38 bits per heavy atom. The Bertz CT molecular complexity index is 470. The van der Waals surface area contributed by atoms with E-state index in [2.05, 4.69) is 28.9 Å². The molecule has 1 amide bonds. The van der Waals surface area contributed by atoms with E-state index in [1.165, 1.54) is 24.4 Å². The Morgan fingerprint density at radius 3 is 2.76 bits per heavy atom. The minimum absolute atomic E-state index is 0.0861. The van der Waals surface area contributed by atoms with E-state index in [0.29, 0.717) is 23.5 Å². The van der Waals surface area contributed by atoms with Crippen molar-refractivity contribution in [2.45, 2.75) is 70.9 Å². The lowest BCUT2D eigenvalue weighted by atomic mass is 10.1. The van der Waals surface area contributed by atoms with E-state index >= 15 is 0 Å². The number of hydrogen-bond donors (Lipinski definition) is 3. The van der Waals surface area contributed by atoms with Crippen LogP contribution in [-0.4, -0.2) is 22.4 Å². The lowest BCUT2D eigenvalue weighted by Crippen LogP contribution is -2.27. The summed E-state index contributed by atoms with van der Waals surface area (Å²) < 4.78 is 4.15. The summed E-state index contributed by atoms with van der Waals surface area (Å²) in [5.74, 6) is 0.253. The van der Waals surface area contributed by atoms with Gasteiger partial charge in [0.25, 0.3) is 5.91 Å². The predicted octanol–water partition coefficient (Wildman–Crippen LogP) is 3.39. The first-order valence-corrected chi connectivity index (χ1v) is 8.75. The normalized spacial score (nSPS) is 15.7. The van der Waals surface area contributed by atoms with E-state index in [1.807, 2.05) is 0 Å². The molecule has 1 aromatic heterocycles. The maximum Gasteiger partial charge on any atom is 0.258 e. The molecule has 0 bridgehead atoms. The second-order valence-electron chi connectivity index (χ2n) is 5.79. The molecular formula is C15H26N4OS. The molecule has 1 heterocycles. The van der Waals surface area contributed by atoms with Gasteiger partial charge >= 0.3 is 0 Å². The van der Waals surface area contributed by atoms with Crippen LogP contribution in [0.15, 0.2) is 0 Å². The third-order valence-corrected chi connectivity index (χ3v) is 4.53. The first-order valence-electron chi connectivity index (χ1n) is 7.98. The van der Waals surface area contributed by atoms with Crippen molar-refractivity contribution >= 4 is 28.3 Å². The van der Waals surface area contributed by atoms with Crippen molar-refractivity contribution in [2.24, 2.45) is 0 Å². The Labute approximate surface area is 130 Å². The molecule has 1 atom stereocenters. The van der Waals surface area contributed by atoms with Crippen LogP contribution in [-0.2, 0) is 0 Å². The van der Waals surface area contributed by atoms with Crippen molar-refractivity contribution in [1.82, 2.24) is 9.69 Å². The van der Waals surface area contributed by atoms with Crippen LogP contribution in [0.3, 0.4) is 0 Å². The standard InChI is InChI=1S/C15H26N4OS/c1-3-5-7-10(6-4-2)18-15-12(13(16)19-21-15)14(20)17-11-8-9-11/h10-11,18H,3-9H2,1-2H3,(H2,16,19)(H,17,20). The molecule has 0 spiro atoms. The van der Waals surface area contributed by atoms with E-state index < -0.39 is 0 Å². The molecule has 1 unspecified atom stereocenters. The zero-order valence-electron chi connectivity index (χ0n) is 12.9. The van der Waals surface area contributed by atoms with Crippen LogP contribution in [0.1, 0.15) is 69.2 Å². The van der Waals surface area contributed by atoms with Gasteiger partial charge in [-0.3, -0.25) is 4.79 Å². The molecule has 1 aromatic rings. The molecule has 1 saturated carbocycles. The number of hydrogen-bond acceptors (Lipinski definition) is 5. The molecule has 5 nitrogen and oxygen atoms in total. The summed E-state index contributed by atoms with van der Waals surface area (Å²) in [7, 11) is 0. The molecule has 21 heavy (non-hydrogen) atoms. The van der Waals surface area contributed by atoms with E-state index in [1.54, 1.807) is 0 Å². The van der Waals surface area contributed by atoms with Gasteiger partial charge in [0, 0.05) is 12.1 Å². The SMILES string of the molecule is CCCCC(CCC)Nc1snc(N)c1C(=O)NC1CC1. The number of aromatic nitrogens is 1. The average molecular weight is 310 g/mol. The van der Waals surface area contributed by atoms with Crippen LogP contribution in [0, 0.1) is 0 Å². The van der Waals surface area contributed by atoms with Gasteiger partial charge in [-0.15, -0.1) is 0 Å². The van der Waals surface area contributed by atoms with Gasteiger partial charge < -0.3 is 16.4 Å². The number of amides is 1. The van der Waals surface area contributed by atoms with Crippen LogP contribution in [0.5, 0.6) is 0 Å². The molecule has 2 rings (SSSR count). The number of nitrogen functional groups attached to an aromatic ring is 1. The van der Waals surface area contributed by atoms with Crippen molar-refractivity contribution in [3.05, 3.63) is 5.56 Å². The van der Waals surface area contributed by atoms with Crippen molar-refractivity contribution in [1.29, 1.82) is 0 Å². The van der Waals surface area contributed by atoms with E-state index in [4.69, 9.17) is 5.73 Å². The van der Waals surface area contributed by atoms with Crippen LogP contribution >= 0.6 is 11.5 Å². The molecule has 1 aliphatic carbocycles. The summed E-state index contributed by atoms with van der Waals surface area (Å²) >= 11 is 1.29. The fourth-order valence-electron chi connectivity index (χ4n) is 2.38. The summed E-state index contributed by atoms with van der Waals surface area (Å²) in [6, 6.07) is 0.721. The number of nitrogens with two attached hydrogens (primary N) is 1. The number of carbonyl (C=O) groups is 1. The highest BCUT2D eigenvalue weighted by molar-refractivity contribution is 7.11. The van der Waals surface area contributed by atoms with Crippen molar-refractivity contribution in [3.8, 4) is 0 Å². The van der Waals surface area contributed by atoms with Crippen LogP contribution in [0.2, 0.25) is 0 Å². The van der Waals surface area contributed by atoms with Crippen LogP contribution < -0.4 is 16.4 Å². The Kier molecular flexibility index (Phi) is 5.85. The summed E-state index contributed by atoms with van der Waals surface area (Å²) in [4.78, 5) is 12.3. The largest absolute Gasteiger partial charge is 0.382 e. The van der Waals surface area contributed by atoms with Crippen molar-refractivity contribution < 1.29 is 4.79 Å². The molecule has 1 aliphatic rings. The summed E-state index contributed by atoms with van der Waals surface area (Å²) in [5.41, 5.74) is 6.42. The van der Waals surface area contributed by atoms with E-state index in [0.717, 1.165) is 37.1 Å². The van der Waals surface area contributed by atoms with Gasteiger partial charge in [-0.2, -0.15) is 4.37 Å². The van der Waals surface area contributed by atoms with Crippen LogP contribution in [0.4, 0.5) is 10.8 Å². The zero-order chi connectivity index (χ0) is 15.2. The molecule has 0 aromatic carbocycles. The minimum atomic E-state index is -0.0861. The summed E-state index contributed by atoms with van der Waals surface area (Å²) in [6.07, 6.45) is 7.85. The Morgan fingerprint density at radius 2 is 2.14 bits per heavy atom. The lowest BCUT2D eigenvalue weighted by Gasteiger charge is -2.18. The smallest absolute Gasteiger partial charge is 0.258 e. The number of nitrogens with one attached hydrogen (secondary N) is 2. The highest BCUT2D eigenvalue weighted by Crippen LogP contribution is 2.30. The number of nitrogens with zero attached hydrogens (tertiary/aromatic N) is 1. The van der Waals surface area contributed by atoms with Gasteiger partial charge in [0.05, 0.1) is 0 Å². The molecule has 6 heteroatoms. The van der Waals surface area contributed by atoms with Gasteiger partial charge in [-0.1, -0.05) is 33.1 Å². The molecule has 0 radical (unpaired) electrons. The Balaban J connectivity index is 2.05. The topological polar surface area (TPSA) is 80.0 Å². The molecule has 0 aliphatic heterocycles. The quantitative estimate of drug-likeness (QED) is 0.653. The fraction of sp³-hybridized carbons (Fsp3) is 0.733. The number of carbonyl (C=O) groups excluding carboxylic acids is 1. The predicted molar refractivity (Wildman–Crippen MR) is 88.9 cm³/mol. The third-order valence-electron chi connectivity index (χ3n) is 3.74. The number of anilines is 2. The molecule has 1 fully saturated rings. The first kappa shape index (κ1) is 16.1. The highest BCUT2D eigenvalue weighted by atomic mass is 32.1. The minimum Gasteiger partial charge on any atom is -0.382 e. The lowest BCUT2D eigenvalue weighted by molar-refractivity contribution is 0.0953. The van der Waals surface area contributed by atoms with Gasteiger partial charge in [-0.05, 0) is 37.2 Å². The second kappa shape index (κ2) is 7.64. The van der Waals surface area contributed by atoms with Gasteiger partial charge in [0.15, 0.2) is 5.82 Å². The second-order valence-corrected chi connectivity index (χ2v) is 6.57. The average Bonchev–Trinajstić information content (AvgIpc) is 3.19.